The first-order valence-electron chi connectivity index (χ1n) is 4.86. The summed E-state index contributed by atoms with van der Waals surface area (Å²) in [4.78, 5) is 22.2. The van der Waals surface area contributed by atoms with Gasteiger partial charge in [0.1, 0.15) is 5.69 Å². The first kappa shape index (κ1) is 9.70. The van der Waals surface area contributed by atoms with E-state index in [9.17, 15) is 9.59 Å². The Balaban J connectivity index is 2.94. The summed E-state index contributed by atoms with van der Waals surface area (Å²) in [5.74, 6) is -1.58. The zero-order valence-electron chi connectivity index (χ0n) is 9.50. The van der Waals surface area contributed by atoms with Gasteiger partial charge in [0.25, 0.3) is 5.91 Å². The molecule has 6 nitrogen and oxygen atoms in total. The number of hydrogen-bond donors (Lipinski definition) is 3. The van der Waals surface area contributed by atoms with E-state index < -0.39 is 17.3 Å². The number of nitrogens with zero attached hydrogens (tertiary/aromatic N) is 1. The fraction of sp³-hybridized carbons (Fsp3) is 0.444. The summed E-state index contributed by atoms with van der Waals surface area (Å²) >= 11 is 0. The third-order valence-electron chi connectivity index (χ3n) is 2.16. The van der Waals surface area contributed by atoms with Gasteiger partial charge in [-0.15, -0.1) is 0 Å². The third-order valence-corrected chi connectivity index (χ3v) is 2.16. The molecule has 0 aliphatic rings. The topological polar surface area (TPSA) is 109 Å². The van der Waals surface area contributed by atoms with Crippen molar-refractivity contribution in [2.24, 2.45) is 11.1 Å². The van der Waals surface area contributed by atoms with Crippen molar-refractivity contribution in [3.8, 4) is 0 Å². The minimum absolute atomic E-state index is 0.129. The standard InChI is InChI=1S/C9H13N3O3/c1-9(2,8(14)15)3-5-4-11-12-6(5)7(10)13/h4H,3H2,1-2H3,(H2,10,13)(H,11,12)(H,14,15)/i/hD. The number of aromatic nitrogens is 2. The van der Waals surface area contributed by atoms with E-state index in [1.54, 1.807) is 19.6 Å². The molecule has 0 atom stereocenters. The number of primary amides is 1. The van der Waals surface area contributed by atoms with Gasteiger partial charge in [-0.3, -0.25) is 14.7 Å². The van der Waals surface area contributed by atoms with Crippen molar-refractivity contribution in [3.05, 3.63) is 17.5 Å². The maximum atomic E-state index is 11.2. The Kier molecular flexibility index (Phi) is 2.40. The second kappa shape index (κ2) is 3.72. The van der Waals surface area contributed by atoms with Crippen LogP contribution in [0.15, 0.2) is 6.20 Å². The van der Waals surface area contributed by atoms with E-state index in [2.05, 4.69) is 10.2 Å². The summed E-state index contributed by atoms with van der Waals surface area (Å²) in [7, 11) is 0. The van der Waals surface area contributed by atoms with Crippen LogP contribution in [0, 0.1) is 5.41 Å². The van der Waals surface area contributed by atoms with Crippen molar-refractivity contribution >= 4 is 11.9 Å². The molecule has 4 N–H and O–H groups in total. The summed E-state index contributed by atoms with van der Waals surface area (Å²) in [6, 6.07) is 0. The van der Waals surface area contributed by atoms with Gasteiger partial charge in [-0.1, -0.05) is 0 Å². The van der Waals surface area contributed by atoms with Crippen LogP contribution in [0.3, 0.4) is 0 Å². The number of nitrogens with two attached hydrogens (primary N) is 1. The van der Waals surface area contributed by atoms with Gasteiger partial charge in [-0.05, 0) is 20.3 Å². The van der Waals surface area contributed by atoms with Gasteiger partial charge in [0.15, 0.2) is 1.41 Å². The van der Waals surface area contributed by atoms with E-state index in [0.29, 0.717) is 5.56 Å². The Hall–Kier alpha value is -1.85. The Labute approximate surface area is 87.9 Å². The predicted molar refractivity (Wildman–Crippen MR) is 52.2 cm³/mol. The number of aliphatic carboxylic acids is 1. The maximum absolute atomic E-state index is 11.2. The lowest BCUT2D eigenvalue weighted by Crippen LogP contribution is -2.27. The van der Waals surface area contributed by atoms with Crippen LogP contribution >= 0.6 is 0 Å². The van der Waals surface area contributed by atoms with E-state index in [-0.39, 0.29) is 12.1 Å². The predicted octanol–water partition coefficient (Wildman–Crippen LogP) is 0.162. The molecule has 1 heterocycles. The van der Waals surface area contributed by atoms with E-state index in [1.165, 1.54) is 6.20 Å². The molecule has 0 radical (unpaired) electrons. The number of hydrogen-bond acceptors (Lipinski definition) is 3. The van der Waals surface area contributed by atoms with E-state index >= 15 is 0 Å². The Morgan fingerprint density at radius 1 is 1.73 bits per heavy atom. The Bertz CT molecular complexity index is 414. The summed E-state index contributed by atoms with van der Waals surface area (Å²) in [5.41, 5.74) is 1.34. The molecular weight excluding hydrogens is 198 g/mol. The molecule has 1 aromatic heterocycles. The Morgan fingerprint density at radius 2 is 2.40 bits per heavy atom. The molecule has 0 aromatic carbocycles. The van der Waals surface area contributed by atoms with Crippen LogP contribution in [0.25, 0.3) is 0 Å². The van der Waals surface area contributed by atoms with Gasteiger partial charge >= 0.3 is 5.97 Å². The molecule has 82 valence electrons. The van der Waals surface area contributed by atoms with Gasteiger partial charge in [0.2, 0.25) is 0 Å². The molecule has 0 aliphatic carbocycles. The number of rotatable bonds is 4. The summed E-state index contributed by atoms with van der Waals surface area (Å²) in [6.07, 6.45) is 1.57. The van der Waals surface area contributed by atoms with E-state index in [1.807, 2.05) is 0 Å². The molecular formula is C9H13N3O3. The second-order valence-electron chi connectivity index (χ2n) is 3.97. The van der Waals surface area contributed by atoms with Crippen LogP contribution in [-0.2, 0) is 11.2 Å². The molecule has 1 amide bonds. The third kappa shape index (κ3) is 2.34. The second-order valence-corrected chi connectivity index (χ2v) is 3.97. The quantitative estimate of drug-likeness (QED) is 0.660. The fourth-order valence-electron chi connectivity index (χ4n) is 1.19. The minimum Gasteiger partial charge on any atom is -0.481 e. The van der Waals surface area contributed by atoms with Crippen LogP contribution in [-0.4, -0.2) is 27.2 Å². The minimum atomic E-state index is -0.985. The number of carboxylic acid groups (broad SMARTS) is 1. The number of carbonyl (C=O) groups is 2. The van der Waals surface area contributed by atoms with Crippen molar-refractivity contribution in [3.63, 3.8) is 0 Å². The zero-order valence-corrected chi connectivity index (χ0v) is 8.50. The van der Waals surface area contributed by atoms with Crippen LogP contribution in [0.4, 0.5) is 0 Å². The molecule has 0 saturated carbocycles. The smallest absolute Gasteiger partial charge is 0.309 e. The average molecular weight is 212 g/mol. The van der Waals surface area contributed by atoms with Crippen molar-refractivity contribution in [1.82, 2.24) is 10.2 Å². The fourth-order valence-corrected chi connectivity index (χ4v) is 1.19. The summed E-state index contributed by atoms with van der Waals surface area (Å²) in [6.45, 7) is 3.12. The first-order valence-corrected chi connectivity index (χ1v) is 4.36. The lowest BCUT2D eigenvalue weighted by molar-refractivity contribution is -0.146. The van der Waals surface area contributed by atoms with Gasteiger partial charge in [-0.25, -0.2) is 0 Å². The van der Waals surface area contributed by atoms with E-state index in [4.69, 9.17) is 6.52 Å². The van der Waals surface area contributed by atoms with Crippen molar-refractivity contribution in [2.45, 2.75) is 20.3 Å². The summed E-state index contributed by atoms with van der Waals surface area (Å²) < 4.78 is 6.73. The highest BCUT2D eigenvalue weighted by Crippen LogP contribution is 2.23. The molecule has 0 unspecified atom stereocenters. The summed E-state index contributed by atoms with van der Waals surface area (Å²) in [5, 5.41) is 15.1. The first-order chi connectivity index (χ1) is 7.38. The highest BCUT2D eigenvalue weighted by atomic mass is 16.4. The number of amides is 1. The average Bonchev–Trinajstić information content (AvgIpc) is 2.63. The molecule has 1 aromatic rings. The number of carbonyl (C=O) groups excluding carboxylic acids is 1. The largest absolute Gasteiger partial charge is 0.481 e. The number of H-pyrrole nitrogens is 1. The molecule has 0 bridgehead atoms. The molecule has 0 spiro atoms. The van der Waals surface area contributed by atoms with Crippen molar-refractivity contribution in [2.75, 3.05) is 0 Å². The lowest BCUT2D eigenvalue weighted by Gasteiger charge is -2.18. The highest BCUT2D eigenvalue weighted by Gasteiger charge is 2.29. The van der Waals surface area contributed by atoms with Gasteiger partial charge in [0.05, 0.1) is 11.6 Å². The molecule has 0 fully saturated rings. The van der Waals surface area contributed by atoms with Gasteiger partial charge in [0, 0.05) is 5.56 Å². The van der Waals surface area contributed by atoms with Crippen LogP contribution < -0.4 is 5.73 Å². The zero-order chi connectivity index (χ0) is 12.3. The lowest BCUT2D eigenvalue weighted by atomic mass is 9.86. The molecule has 15 heavy (non-hydrogen) atoms. The highest BCUT2D eigenvalue weighted by molar-refractivity contribution is 5.92. The van der Waals surface area contributed by atoms with Crippen molar-refractivity contribution in [1.29, 1.82) is 0 Å². The van der Waals surface area contributed by atoms with Gasteiger partial charge in [-0.2, -0.15) is 5.10 Å². The molecule has 0 aliphatic heterocycles. The number of carboxylic acids is 1. The maximum Gasteiger partial charge on any atom is 0.309 e. The van der Waals surface area contributed by atoms with E-state index in [0.717, 1.165) is 0 Å². The Morgan fingerprint density at radius 3 is 2.93 bits per heavy atom. The monoisotopic (exact) mass is 212 g/mol. The van der Waals surface area contributed by atoms with Crippen molar-refractivity contribution < 1.29 is 16.1 Å². The number of nitrogens with one attached hydrogen (secondary N) is 1. The van der Waals surface area contributed by atoms with Gasteiger partial charge < -0.3 is 10.8 Å². The molecule has 0 saturated heterocycles. The van der Waals surface area contributed by atoms with Crippen LogP contribution in [0.2, 0.25) is 1.41 Å². The van der Waals surface area contributed by atoms with Crippen LogP contribution in [0.5, 0.6) is 0 Å². The van der Waals surface area contributed by atoms with Crippen LogP contribution in [0.1, 0.15) is 29.9 Å². The normalized spacial score (nSPS) is 12.0. The molecule has 1 rings (SSSR count). The molecule has 6 heteroatoms. The number of aromatic amines is 1. The SMILES string of the molecule is [2H]NC(=O)c1[nH]ncc1CC(C)(C)C(=O)O.